The highest BCUT2D eigenvalue weighted by molar-refractivity contribution is 6.30. The lowest BCUT2D eigenvalue weighted by Crippen LogP contribution is -2.20. The predicted molar refractivity (Wildman–Crippen MR) is 84.4 cm³/mol. The zero-order valence-corrected chi connectivity index (χ0v) is 12.4. The Bertz CT molecular complexity index is 627. The summed E-state index contributed by atoms with van der Waals surface area (Å²) in [4.78, 5) is 6.76. The Hall–Kier alpha value is -1.81. The molecule has 0 bridgehead atoms. The molecule has 1 aromatic carbocycles. The van der Waals surface area contributed by atoms with Crippen molar-refractivity contribution >= 4 is 23.1 Å². The highest BCUT2D eigenvalue weighted by Gasteiger charge is 2.16. The summed E-state index contributed by atoms with van der Waals surface area (Å²) in [6, 6.07) is 8.78. The lowest BCUT2D eigenvalue weighted by Gasteiger charge is -2.20. The summed E-state index contributed by atoms with van der Waals surface area (Å²) in [5.41, 5.74) is 1.84. The van der Waals surface area contributed by atoms with Gasteiger partial charge in [-0.05, 0) is 42.7 Å². The third kappa shape index (κ3) is 3.27. The summed E-state index contributed by atoms with van der Waals surface area (Å²) in [7, 11) is 0. The van der Waals surface area contributed by atoms with E-state index in [9.17, 15) is 4.39 Å². The molecule has 0 spiro atoms. The van der Waals surface area contributed by atoms with Crippen LogP contribution in [0.4, 0.5) is 15.9 Å². The number of anilines is 2. The van der Waals surface area contributed by atoms with Crippen LogP contribution in [-0.4, -0.2) is 18.1 Å². The Morgan fingerprint density at radius 2 is 2.05 bits per heavy atom. The molecule has 0 atom stereocenters. The molecule has 3 rings (SSSR count). The van der Waals surface area contributed by atoms with Gasteiger partial charge in [-0.1, -0.05) is 17.7 Å². The molecule has 2 aromatic rings. The number of benzene rings is 1. The summed E-state index contributed by atoms with van der Waals surface area (Å²) in [6.45, 7) is 2.63. The molecular weight excluding hydrogens is 289 g/mol. The molecule has 21 heavy (non-hydrogen) atoms. The Morgan fingerprint density at radius 1 is 1.24 bits per heavy atom. The van der Waals surface area contributed by atoms with Gasteiger partial charge in [-0.25, -0.2) is 9.37 Å². The predicted octanol–water partition coefficient (Wildman–Crippen LogP) is 4.09. The maximum Gasteiger partial charge on any atom is 0.151 e. The van der Waals surface area contributed by atoms with Crippen LogP contribution in [0.25, 0.3) is 0 Å². The molecule has 0 aliphatic carbocycles. The van der Waals surface area contributed by atoms with Crippen molar-refractivity contribution in [2.45, 2.75) is 19.4 Å². The number of pyridine rings is 1. The van der Waals surface area contributed by atoms with Gasteiger partial charge < -0.3 is 10.2 Å². The minimum absolute atomic E-state index is 0.151. The second kappa shape index (κ2) is 6.31. The molecule has 0 amide bonds. The Kier molecular flexibility index (Phi) is 4.25. The van der Waals surface area contributed by atoms with E-state index in [-0.39, 0.29) is 10.8 Å². The fourth-order valence-electron chi connectivity index (χ4n) is 2.56. The molecule has 1 aliphatic rings. The first-order valence-corrected chi connectivity index (χ1v) is 7.49. The van der Waals surface area contributed by atoms with Gasteiger partial charge in [0, 0.05) is 25.8 Å². The molecule has 110 valence electrons. The lowest BCUT2D eigenvalue weighted by atomic mass is 10.2. The van der Waals surface area contributed by atoms with Gasteiger partial charge in [0.25, 0.3) is 0 Å². The van der Waals surface area contributed by atoms with Gasteiger partial charge in [0.2, 0.25) is 0 Å². The molecule has 1 aromatic heterocycles. The highest BCUT2D eigenvalue weighted by Crippen LogP contribution is 2.26. The van der Waals surface area contributed by atoms with Crippen molar-refractivity contribution in [2.24, 2.45) is 0 Å². The zero-order valence-electron chi connectivity index (χ0n) is 11.6. The molecule has 1 N–H and O–H groups in total. The van der Waals surface area contributed by atoms with Crippen molar-refractivity contribution in [2.75, 3.05) is 23.3 Å². The van der Waals surface area contributed by atoms with Crippen molar-refractivity contribution in [3.8, 4) is 0 Å². The number of rotatable bonds is 4. The molecule has 1 fully saturated rings. The quantitative estimate of drug-likeness (QED) is 0.922. The number of halogens is 2. The van der Waals surface area contributed by atoms with Crippen molar-refractivity contribution in [3.63, 3.8) is 0 Å². The standard InChI is InChI=1S/C16H17ClFN3/c17-13-6-5-12(10-14(13)18)11-20-15-4-3-7-19-16(15)21-8-1-2-9-21/h3-7,10,20H,1-2,8-9,11H2. The van der Waals surface area contributed by atoms with Gasteiger partial charge in [-0.15, -0.1) is 0 Å². The Morgan fingerprint density at radius 3 is 2.81 bits per heavy atom. The minimum Gasteiger partial charge on any atom is -0.378 e. The largest absolute Gasteiger partial charge is 0.378 e. The summed E-state index contributed by atoms with van der Waals surface area (Å²) >= 11 is 5.70. The van der Waals surface area contributed by atoms with E-state index >= 15 is 0 Å². The number of nitrogens with one attached hydrogen (secondary N) is 1. The molecule has 1 aliphatic heterocycles. The van der Waals surface area contributed by atoms with Crippen molar-refractivity contribution in [1.82, 2.24) is 4.98 Å². The summed E-state index contributed by atoms with van der Waals surface area (Å²) < 4.78 is 13.4. The van der Waals surface area contributed by atoms with E-state index in [1.807, 2.05) is 18.2 Å². The molecule has 2 heterocycles. The van der Waals surface area contributed by atoms with Crippen molar-refractivity contribution < 1.29 is 4.39 Å². The summed E-state index contributed by atoms with van der Waals surface area (Å²) in [6.07, 6.45) is 4.22. The van der Waals surface area contributed by atoms with Gasteiger partial charge >= 0.3 is 0 Å². The van der Waals surface area contributed by atoms with Crippen LogP contribution in [0.5, 0.6) is 0 Å². The molecule has 0 unspecified atom stereocenters. The van der Waals surface area contributed by atoms with E-state index in [4.69, 9.17) is 11.6 Å². The molecule has 1 saturated heterocycles. The van der Waals surface area contributed by atoms with E-state index in [1.54, 1.807) is 12.3 Å². The van der Waals surface area contributed by atoms with Gasteiger partial charge in [-0.2, -0.15) is 0 Å². The first-order chi connectivity index (χ1) is 10.2. The molecule has 0 saturated carbocycles. The normalized spacial score (nSPS) is 14.5. The fourth-order valence-corrected chi connectivity index (χ4v) is 2.68. The van der Waals surface area contributed by atoms with Gasteiger partial charge in [0.1, 0.15) is 5.82 Å². The lowest BCUT2D eigenvalue weighted by molar-refractivity contribution is 0.626. The van der Waals surface area contributed by atoms with Gasteiger partial charge in [-0.3, -0.25) is 0 Å². The zero-order chi connectivity index (χ0) is 14.7. The average molecular weight is 306 g/mol. The van der Waals surface area contributed by atoms with Gasteiger partial charge in [0.15, 0.2) is 5.82 Å². The first-order valence-electron chi connectivity index (χ1n) is 7.12. The average Bonchev–Trinajstić information content (AvgIpc) is 3.03. The maximum absolute atomic E-state index is 13.4. The van der Waals surface area contributed by atoms with Crippen molar-refractivity contribution in [1.29, 1.82) is 0 Å². The Balaban J connectivity index is 1.74. The van der Waals surface area contributed by atoms with Crippen LogP contribution in [0, 0.1) is 5.82 Å². The molecule has 3 nitrogen and oxygen atoms in total. The van der Waals surface area contributed by atoms with Crippen LogP contribution < -0.4 is 10.2 Å². The molecule has 0 radical (unpaired) electrons. The third-order valence-corrected chi connectivity index (χ3v) is 3.97. The number of aromatic nitrogens is 1. The summed E-state index contributed by atoms with van der Waals surface area (Å²) in [5, 5.41) is 3.49. The van der Waals surface area contributed by atoms with Crippen LogP contribution >= 0.6 is 11.6 Å². The third-order valence-electron chi connectivity index (χ3n) is 3.66. The Labute approximate surface area is 128 Å². The number of nitrogens with zero attached hydrogens (tertiary/aromatic N) is 2. The monoisotopic (exact) mass is 305 g/mol. The second-order valence-corrected chi connectivity index (χ2v) is 5.58. The van der Waals surface area contributed by atoms with E-state index < -0.39 is 0 Å². The van der Waals surface area contributed by atoms with E-state index in [2.05, 4.69) is 15.2 Å². The molecular formula is C16H17ClFN3. The van der Waals surface area contributed by atoms with Crippen molar-refractivity contribution in [3.05, 3.63) is 52.9 Å². The highest BCUT2D eigenvalue weighted by atomic mass is 35.5. The van der Waals surface area contributed by atoms with E-state index in [1.165, 1.54) is 18.9 Å². The smallest absolute Gasteiger partial charge is 0.151 e. The SMILES string of the molecule is Fc1cc(CNc2cccnc2N2CCCC2)ccc1Cl. The van der Waals surface area contributed by atoms with Crippen LogP contribution in [0.15, 0.2) is 36.5 Å². The van der Waals surface area contributed by atoms with Gasteiger partial charge in [0.05, 0.1) is 10.7 Å². The van der Waals surface area contributed by atoms with Crippen LogP contribution in [0.1, 0.15) is 18.4 Å². The molecule has 5 heteroatoms. The minimum atomic E-state index is -0.387. The van der Waals surface area contributed by atoms with E-state index in [0.29, 0.717) is 6.54 Å². The van der Waals surface area contributed by atoms with Crippen LogP contribution in [-0.2, 0) is 6.54 Å². The van der Waals surface area contributed by atoms with Crippen LogP contribution in [0.2, 0.25) is 5.02 Å². The first kappa shape index (κ1) is 14.1. The second-order valence-electron chi connectivity index (χ2n) is 5.17. The maximum atomic E-state index is 13.4. The van der Waals surface area contributed by atoms with E-state index in [0.717, 1.165) is 30.2 Å². The fraction of sp³-hybridized carbons (Fsp3) is 0.312. The topological polar surface area (TPSA) is 28.2 Å². The van der Waals surface area contributed by atoms with Crippen LogP contribution in [0.3, 0.4) is 0 Å². The summed E-state index contributed by atoms with van der Waals surface area (Å²) in [5.74, 6) is 0.589. The number of hydrogen-bond donors (Lipinski definition) is 1. The number of hydrogen-bond acceptors (Lipinski definition) is 3.